The lowest BCUT2D eigenvalue weighted by molar-refractivity contribution is 0.102. The van der Waals surface area contributed by atoms with Gasteiger partial charge >= 0.3 is 6.01 Å². The molecule has 4 aromatic rings. The Bertz CT molecular complexity index is 1070. The highest BCUT2D eigenvalue weighted by Crippen LogP contribution is 2.27. The number of carbonyl (C=O) groups excluding carboxylic acids is 1. The van der Waals surface area contributed by atoms with E-state index in [9.17, 15) is 4.79 Å². The van der Waals surface area contributed by atoms with E-state index >= 15 is 0 Å². The molecular formula is C19H12ClN3O2. The van der Waals surface area contributed by atoms with Crippen molar-refractivity contribution in [3.63, 3.8) is 0 Å². The van der Waals surface area contributed by atoms with Crippen LogP contribution in [0.5, 0.6) is 0 Å². The second-order valence-electron chi connectivity index (χ2n) is 5.37. The summed E-state index contributed by atoms with van der Waals surface area (Å²) in [5.41, 5.74) is 1.15. The van der Waals surface area contributed by atoms with Gasteiger partial charge in [-0.3, -0.25) is 10.1 Å². The standard InChI is InChI=1S/C19H12ClN3O2/c20-16-11-4-3-9-15(16)18-22-23-19(25-18)21-17(24)14-10-5-7-12-6-1-2-8-13(12)14/h1-11H,(H,21,23,24). The fourth-order valence-corrected chi connectivity index (χ4v) is 2.82. The molecule has 0 fully saturated rings. The predicted octanol–water partition coefficient (Wildman–Crippen LogP) is 4.80. The average Bonchev–Trinajstić information content (AvgIpc) is 3.09. The Kier molecular flexibility index (Phi) is 3.91. The number of hydrogen-bond donors (Lipinski definition) is 1. The van der Waals surface area contributed by atoms with Crippen LogP contribution in [0.3, 0.4) is 0 Å². The summed E-state index contributed by atoms with van der Waals surface area (Å²) in [4.78, 5) is 12.6. The van der Waals surface area contributed by atoms with E-state index in [1.807, 2.05) is 48.5 Å². The summed E-state index contributed by atoms with van der Waals surface area (Å²) in [6.07, 6.45) is 0. The molecule has 1 amide bonds. The molecule has 0 saturated heterocycles. The number of amides is 1. The van der Waals surface area contributed by atoms with Crippen LogP contribution in [0.15, 0.2) is 71.1 Å². The summed E-state index contributed by atoms with van der Waals surface area (Å²) >= 11 is 6.12. The molecule has 0 bridgehead atoms. The topological polar surface area (TPSA) is 68.0 Å². The summed E-state index contributed by atoms with van der Waals surface area (Å²) in [7, 11) is 0. The van der Waals surface area contributed by atoms with Crippen LogP contribution in [-0.2, 0) is 0 Å². The molecule has 0 saturated carbocycles. The summed E-state index contributed by atoms with van der Waals surface area (Å²) < 4.78 is 5.52. The molecular weight excluding hydrogens is 338 g/mol. The Labute approximate surface area is 148 Å². The van der Waals surface area contributed by atoms with Crippen molar-refractivity contribution >= 4 is 34.3 Å². The van der Waals surface area contributed by atoms with Gasteiger partial charge in [0.2, 0.25) is 0 Å². The van der Waals surface area contributed by atoms with Crippen LogP contribution in [0.25, 0.3) is 22.2 Å². The van der Waals surface area contributed by atoms with Crippen LogP contribution in [0.2, 0.25) is 5.02 Å². The maximum absolute atomic E-state index is 12.6. The monoisotopic (exact) mass is 349 g/mol. The Balaban J connectivity index is 1.62. The van der Waals surface area contributed by atoms with Crippen molar-refractivity contribution < 1.29 is 9.21 Å². The second kappa shape index (κ2) is 6.37. The number of nitrogens with zero attached hydrogens (tertiary/aromatic N) is 2. The molecule has 0 spiro atoms. The highest BCUT2D eigenvalue weighted by atomic mass is 35.5. The third-order valence-electron chi connectivity index (χ3n) is 3.78. The molecule has 1 N–H and O–H groups in total. The molecule has 6 heteroatoms. The molecule has 0 radical (unpaired) electrons. The molecule has 5 nitrogen and oxygen atoms in total. The van der Waals surface area contributed by atoms with Crippen LogP contribution in [-0.4, -0.2) is 16.1 Å². The van der Waals surface area contributed by atoms with Gasteiger partial charge in [-0.15, -0.1) is 5.10 Å². The fourth-order valence-electron chi connectivity index (χ4n) is 2.61. The lowest BCUT2D eigenvalue weighted by Crippen LogP contribution is -2.12. The van der Waals surface area contributed by atoms with Gasteiger partial charge in [0.1, 0.15) is 0 Å². The van der Waals surface area contributed by atoms with Crippen LogP contribution >= 0.6 is 11.6 Å². The Morgan fingerprint density at radius 2 is 1.68 bits per heavy atom. The number of benzene rings is 3. The highest BCUT2D eigenvalue weighted by molar-refractivity contribution is 6.33. The first kappa shape index (κ1) is 15.4. The van der Waals surface area contributed by atoms with E-state index in [1.165, 1.54) is 0 Å². The molecule has 25 heavy (non-hydrogen) atoms. The van der Waals surface area contributed by atoms with E-state index in [1.54, 1.807) is 18.2 Å². The highest BCUT2D eigenvalue weighted by Gasteiger charge is 2.15. The Morgan fingerprint density at radius 3 is 2.56 bits per heavy atom. The average molecular weight is 350 g/mol. The minimum Gasteiger partial charge on any atom is -0.403 e. The first-order chi connectivity index (χ1) is 12.2. The first-order valence-corrected chi connectivity index (χ1v) is 7.98. The number of nitrogens with one attached hydrogen (secondary N) is 1. The van der Waals surface area contributed by atoms with Gasteiger partial charge in [-0.25, -0.2) is 0 Å². The van der Waals surface area contributed by atoms with Gasteiger partial charge in [-0.2, -0.15) is 0 Å². The van der Waals surface area contributed by atoms with Gasteiger partial charge in [-0.05, 0) is 29.0 Å². The molecule has 0 atom stereocenters. The van der Waals surface area contributed by atoms with E-state index in [4.69, 9.17) is 16.0 Å². The minimum absolute atomic E-state index is 0.0212. The zero-order valence-corrected chi connectivity index (χ0v) is 13.7. The molecule has 4 rings (SSSR count). The number of rotatable bonds is 3. The van der Waals surface area contributed by atoms with Gasteiger partial charge < -0.3 is 4.42 Å². The van der Waals surface area contributed by atoms with E-state index in [2.05, 4.69) is 15.5 Å². The van der Waals surface area contributed by atoms with E-state index in [0.29, 0.717) is 16.1 Å². The molecule has 1 aromatic heterocycles. The number of fused-ring (bicyclic) bond motifs is 1. The smallest absolute Gasteiger partial charge is 0.322 e. The minimum atomic E-state index is -0.314. The maximum atomic E-state index is 12.6. The molecule has 122 valence electrons. The third-order valence-corrected chi connectivity index (χ3v) is 4.11. The quantitative estimate of drug-likeness (QED) is 0.577. The van der Waals surface area contributed by atoms with Gasteiger partial charge in [-0.1, -0.05) is 65.2 Å². The Hall–Kier alpha value is -3.18. The first-order valence-electron chi connectivity index (χ1n) is 7.60. The lowest BCUT2D eigenvalue weighted by atomic mass is 10.0. The summed E-state index contributed by atoms with van der Waals surface area (Å²) in [6.45, 7) is 0. The van der Waals surface area contributed by atoms with Gasteiger partial charge in [0.05, 0.1) is 10.6 Å². The summed E-state index contributed by atoms with van der Waals surface area (Å²) in [5.74, 6) is -0.0648. The van der Waals surface area contributed by atoms with Gasteiger partial charge in [0, 0.05) is 5.56 Å². The molecule has 0 unspecified atom stereocenters. The third kappa shape index (κ3) is 2.97. The van der Waals surface area contributed by atoms with E-state index < -0.39 is 0 Å². The van der Waals surface area contributed by atoms with Crippen molar-refractivity contribution in [2.75, 3.05) is 5.32 Å². The van der Waals surface area contributed by atoms with Crippen molar-refractivity contribution in [2.45, 2.75) is 0 Å². The molecule has 0 aliphatic carbocycles. The fraction of sp³-hybridized carbons (Fsp3) is 0. The molecule has 0 aliphatic heterocycles. The van der Waals surface area contributed by atoms with Gasteiger partial charge in [0.15, 0.2) is 0 Å². The lowest BCUT2D eigenvalue weighted by Gasteiger charge is -2.05. The number of anilines is 1. The summed E-state index contributed by atoms with van der Waals surface area (Å²) in [6, 6.07) is 20.4. The Morgan fingerprint density at radius 1 is 0.920 bits per heavy atom. The normalized spacial score (nSPS) is 10.8. The van der Waals surface area contributed by atoms with E-state index in [0.717, 1.165) is 10.8 Å². The van der Waals surface area contributed by atoms with Crippen LogP contribution in [0.1, 0.15) is 10.4 Å². The zero-order chi connectivity index (χ0) is 17.2. The van der Waals surface area contributed by atoms with Gasteiger partial charge in [0.25, 0.3) is 11.8 Å². The summed E-state index contributed by atoms with van der Waals surface area (Å²) in [5, 5.41) is 12.8. The maximum Gasteiger partial charge on any atom is 0.322 e. The largest absolute Gasteiger partial charge is 0.403 e. The molecule has 3 aromatic carbocycles. The van der Waals surface area contributed by atoms with Crippen molar-refractivity contribution in [3.05, 3.63) is 77.3 Å². The molecule has 0 aliphatic rings. The van der Waals surface area contributed by atoms with Crippen LogP contribution in [0.4, 0.5) is 6.01 Å². The number of hydrogen-bond acceptors (Lipinski definition) is 4. The second-order valence-corrected chi connectivity index (χ2v) is 5.78. The van der Waals surface area contributed by atoms with E-state index in [-0.39, 0.29) is 17.8 Å². The number of halogens is 1. The van der Waals surface area contributed by atoms with Crippen LogP contribution in [0, 0.1) is 0 Å². The number of carbonyl (C=O) groups is 1. The zero-order valence-electron chi connectivity index (χ0n) is 12.9. The number of aromatic nitrogens is 2. The van der Waals surface area contributed by atoms with Crippen LogP contribution < -0.4 is 5.32 Å². The predicted molar refractivity (Wildman–Crippen MR) is 96.6 cm³/mol. The molecule has 1 heterocycles. The van der Waals surface area contributed by atoms with Crippen molar-refractivity contribution in [2.24, 2.45) is 0 Å². The SMILES string of the molecule is O=C(Nc1nnc(-c2ccccc2Cl)o1)c1cccc2ccccc12. The van der Waals surface area contributed by atoms with Crippen molar-refractivity contribution in [1.82, 2.24) is 10.2 Å². The van der Waals surface area contributed by atoms with Crippen molar-refractivity contribution in [1.29, 1.82) is 0 Å². The van der Waals surface area contributed by atoms with Crippen molar-refractivity contribution in [3.8, 4) is 11.5 Å².